The highest BCUT2D eigenvalue weighted by Gasteiger charge is 2.08. The summed E-state index contributed by atoms with van der Waals surface area (Å²) in [6.07, 6.45) is -1.25. The fourth-order valence-electron chi connectivity index (χ4n) is 0.289. The predicted octanol–water partition coefficient (Wildman–Crippen LogP) is 1.64. The van der Waals surface area contributed by atoms with Crippen LogP contribution in [-0.4, -0.2) is 30.5 Å². The van der Waals surface area contributed by atoms with Gasteiger partial charge in [0.05, 0.1) is 12.7 Å². The first-order valence-electron chi connectivity index (χ1n) is 4.01. The van der Waals surface area contributed by atoms with Crippen LogP contribution in [-0.2, 0) is 9.57 Å². The van der Waals surface area contributed by atoms with Crippen LogP contribution in [0.15, 0.2) is 0 Å². The van der Waals surface area contributed by atoms with Crippen molar-refractivity contribution in [2.24, 2.45) is 0 Å². The summed E-state index contributed by atoms with van der Waals surface area (Å²) in [5, 5.41) is 7.50. The molecule has 0 unspecified atom stereocenters. The molecule has 0 rings (SSSR count). The van der Waals surface area contributed by atoms with E-state index in [1.807, 2.05) is 27.7 Å². The molecule has 0 aromatic rings. The van der Waals surface area contributed by atoms with Gasteiger partial charge >= 0.3 is 6.16 Å². The molecule has 0 aromatic heterocycles. The van der Waals surface area contributed by atoms with E-state index in [9.17, 15) is 0 Å². The van der Waals surface area contributed by atoms with Gasteiger partial charge in [-0.3, -0.25) is 4.84 Å². The molecule has 0 fully saturated rings. The summed E-state index contributed by atoms with van der Waals surface area (Å²) < 4.78 is 3.67. The Morgan fingerprint density at radius 3 is 1.92 bits per heavy atom. The highest BCUT2D eigenvalue weighted by atomic mass is 16.7. The lowest BCUT2D eigenvalue weighted by Crippen LogP contribution is -2.28. The molecule has 0 saturated heterocycles. The van der Waals surface area contributed by atoms with Crippen molar-refractivity contribution in [1.82, 2.24) is 5.48 Å². The van der Waals surface area contributed by atoms with Crippen LogP contribution in [0.4, 0.5) is 4.79 Å². The van der Waals surface area contributed by atoms with Crippen molar-refractivity contribution in [2.45, 2.75) is 33.3 Å². The first-order valence-corrected chi connectivity index (χ1v) is 4.01. The maximum absolute atomic E-state index is 9.15. The molecule has 0 bridgehead atoms. The molecule has 0 spiro atoms. The Bertz CT molecular complexity index is 131. The molecule has 0 heterocycles. The lowest BCUT2D eigenvalue weighted by atomic mass is 10.2. The number of rotatable bonds is 2. The minimum atomic E-state index is -1.25. The third kappa shape index (κ3) is 24.7. The van der Waals surface area contributed by atoms with Crippen molar-refractivity contribution >= 4 is 6.16 Å². The molecule has 0 aliphatic heterocycles. The van der Waals surface area contributed by atoms with E-state index in [2.05, 4.69) is 10.2 Å². The molecular formula is C8H19NO4. The molecule has 80 valence electrons. The lowest BCUT2D eigenvalue weighted by Gasteiger charge is -2.18. The molecule has 0 aliphatic rings. The molecule has 2 N–H and O–H groups in total. The second-order valence-electron chi connectivity index (χ2n) is 3.18. The molecule has 0 atom stereocenters. The molecule has 5 heteroatoms. The summed E-state index contributed by atoms with van der Waals surface area (Å²) in [6.45, 7) is 8.89. The lowest BCUT2D eigenvalue weighted by molar-refractivity contribution is -0.0702. The van der Waals surface area contributed by atoms with Crippen LogP contribution in [0.1, 0.15) is 27.7 Å². The first kappa shape index (κ1) is 14.7. The van der Waals surface area contributed by atoms with E-state index in [4.69, 9.17) is 14.7 Å². The summed E-state index contributed by atoms with van der Waals surface area (Å²) in [4.78, 5) is 14.3. The first-order chi connectivity index (χ1) is 5.83. The van der Waals surface area contributed by atoms with Gasteiger partial charge in [0, 0.05) is 6.54 Å². The van der Waals surface area contributed by atoms with E-state index in [1.54, 1.807) is 0 Å². The Morgan fingerprint density at radius 1 is 1.46 bits per heavy atom. The SMILES string of the molecule is CCNOC(C)(C)C.COC(=O)O. The predicted molar refractivity (Wildman–Crippen MR) is 49.5 cm³/mol. The Morgan fingerprint density at radius 2 is 1.85 bits per heavy atom. The van der Waals surface area contributed by atoms with Gasteiger partial charge in [0.15, 0.2) is 0 Å². The zero-order valence-corrected chi connectivity index (χ0v) is 8.88. The quantitative estimate of drug-likeness (QED) is 0.515. The van der Waals surface area contributed by atoms with E-state index < -0.39 is 6.16 Å². The highest BCUT2D eigenvalue weighted by Crippen LogP contribution is 2.02. The fourth-order valence-corrected chi connectivity index (χ4v) is 0.289. The van der Waals surface area contributed by atoms with Crippen molar-refractivity contribution in [3.8, 4) is 0 Å². The number of hydrogen-bond acceptors (Lipinski definition) is 4. The monoisotopic (exact) mass is 193 g/mol. The average Bonchev–Trinajstić information content (AvgIpc) is 2.00. The van der Waals surface area contributed by atoms with Gasteiger partial charge in [0.2, 0.25) is 0 Å². The maximum atomic E-state index is 9.15. The van der Waals surface area contributed by atoms with Gasteiger partial charge < -0.3 is 9.84 Å². The van der Waals surface area contributed by atoms with Crippen LogP contribution >= 0.6 is 0 Å². The molecule has 0 radical (unpaired) electrons. The average molecular weight is 193 g/mol. The van der Waals surface area contributed by atoms with Crippen LogP contribution in [0.5, 0.6) is 0 Å². The van der Waals surface area contributed by atoms with Gasteiger partial charge in [-0.25, -0.2) is 10.3 Å². The normalized spacial score (nSPS) is 9.92. The van der Waals surface area contributed by atoms with Crippen LogP contribution in [0.2, 0.25) is 0 Å². The summed E-state index contributed by atoms with van der Waals surface area (Å²) in [5.41, 5.74) is 2.73. The minimum absolute atomic E-state index is 0.0595. The fraction of sp³-hybridized carbons (Fsp3) is 0.875. The highest BCUT2D eigenvalue weighted by molar-refractivity contribution is 5.56. The van der Waals surface area contributed by atoms with Crippen molar-refractivity contribution in [3.63, 3.8) is 0 Å². The third-order valence-electron chi connectivity index (χ3n) is 0.697. The van der Waals surface area contributed by atoms with Crippen LogP contribution in [0.3, 0.4) is 0 Å². The van der Waals surface area contributed by atoms with Crippen molar-refractivity contribution < 1.29 is 19.5 Å². The number of nitrogens with one attached hydrogen (secondary N) is 1. The van der Waals surface area contributed by atoms with Gasteiger partial charge in [-0.05, 0) is 20.8 Å². The van der Waals surface area contributed by atoms with Crippen LogP contribution in [0.25, 0.3) is 0 Å². The molecular weight excluding hydrogens is 174 g/mol. The molecule has 5 nitrogen and oxygen atoms in total. The topological polar surface area (TPSA) is 67.8 Å². The van der Waals surface area contributed by atoms with Gasteiger partial charge in [0.1, 0.15) is 0 Å². The van der Waals surface area contributed by atoms with E-state index >= 15 is 0 Å². The molecule has 0 amide bonds. The van der Waals surface area contributed by atoms with Gasteiger partial charge in [-0.15, -0.1) is 0 Å². The minimum Gasteiger partial charge on any atom is -0.450 e. The summed E-state index contributed by atoms with van der Waals surface area (Å²) in [6, 6.07) is 0. The number of ether oxygens (including phenoxy) is 1. The Hall–Kier alpha value is -0.810. The molecule has 0 saturated carbocycles. The Labute approximate surface area is 79.0 Å². The second-order valence-corrected chi connectivity index (χ2v) is 3.18. The number of hydrogen-bond donors (Lipinski definition) is 2. The Kier molecular flexibility index (Phi) is 8.84. The van der Waals surface area contributed by atoms with Gasteiger partial charge in [0.25, 0.3) is 0 Å². The molecule has 0 aliphatic carbocycles. The number of hydroxylamine groups is 1. The van der Waals surface area contributed by atoms with Crippen LogP contribution in [0, 0.1) is 0 Å². The zero-order valence-electron chi connectivity index (χ0n) is 8.88. The Balaban J connectivity index is 0. The number of carbonyl (C=O) groups is 1. The van der Waals surface area contributed by atoms with Crippen molar-refractivity contribution in [1.29, 1.82) is 0 Å². The molecule has 0 aromatic carbocycles. The van der Waals surface area contributed by atoms with Gasteiger partial charge in [-0.1, -0.05) is 6.92 Å². The molecule has 13 heavy (non-hydrogen) atoms. The summed E-state index contributed by atoms with van der Waals surface area (Å²) in [7, 11) is 1.10. The van der Waals surface area contributed by atoms with Crippen molar-refractivity contribution in [3.05, 3.63) is 0 Å². The van der Waals surface area contributed by atoms with Crippen molar-refractivity contribution in [2.75, 3.05) is 13.7 Å². The second kappa shape index (κ2) is 7.82. The van der Waals surface area contributed by atoms with E-state index in [1.165, 1.54) is 0 Å². The standard InChI is InChI=1S/C6H15NO.C2H4O3/c1-5-7-8-6(2,3)4;1-5-2(3)4/h7H,5H2,1-4H3;1H3,(H,3,4). The van der Waals surface area contributed by atoms with Gasteiger partial charge in [-0.2, -0.15) is 0 Å². The third-order valence-corrected chi connectivity index (χ3v) is 0.697. The van der Waals surface area contributed by atoms with E-state index in [0.717, 1.165) is 13.7 Å². The maximum Gasteiger partial charge on any atom is 0.505 e. The van der Waals surface area contributed by atoms with E-state index in [-0.39, 0.29) is 5.60 Å². The summed E-state index contributed by atoms with van der Waals surface area (Å²) >= 11 is 0. The summed E-state index contributed by atoms with van der Waals surface area (Å²) in [5.74, 6) is 0. The smallest absolute Gasteiger partial charge is 0.450 e. The number of methoxy groups -OCH3 is 1. The zero-order chi connectivity index (χ0) is 10.9. The number of carboxylic acid groups (broad SMARTS) is 1. The largest absolute Gasteiger partial charge is 0.505 e. The van der Waals surface area contributed by atoms with E-state index in [0.29, 0.717) is 0 Å². The van der Waals surface area contributed by atoms with Crippen LogP contribution < -0.4 is 5.48 Å².